The summed E-state index contributed by atoms with van der Waals surface area (Å²) in [5, 5.41) is 0. The minimum Gasteiger partial charge on any atom is -0.348 e. The third-order valence-corrected chi connectivity index (χ3v) is 3.09. The third-order valence-electron chi connectivity index (χ3n) is 3.09. The topological polar surface area (TPSA) is 49.0 Å². The molecule has 0 saturated heterocycles. The standard InChI is InChI=1S/C13H13N3O/c17-13(10-4-2-1-3-5-10)16-7-6-11-12(8-16)15-9-14-11/h1-5,9H,6-8H2,(H,14,15). The number of H-pyrrole nitrogens is 1. The molecule has 1 aromatic carbocycles. The summed E-state index contributed by atoms with van der Waals surface area (Å²) in [6.45, 7) is 1.36. The van der Waals surface area contributed by atoms with Crippen LogP contribution in [0.4, 0.5) is 0 Å². The van der Waals surface area contributed by atoms with Gasteiger partial charge in [-0.25, -0.2) is 4.98 Å². The zero-order valence-electron chi connectivity index (χ0n) is 9.39. The first-order chi connectivity index (χ1) is 8.34. The van der Waals surface area contributed by atoms with Gasteiger partial charge in [-0.15, -0.1) is 0 Å². The highest BCUT2D eigenvalue weighted by atomic mass is 16.2. The van der Waals surface area contributed by atoms with Gasteiger partial charge in [0.1, 0.15) is 0 Å². The van der Waals surface area contributed by atoms with Crippen LogP contribution in [-0.2, 0) is 13.0 Å². The minimum atomic E-state index is 0.0826. The molecule has 0 aliphatic carbocycles. The molecule has 17 heavy (non-hydrogen) atoms. The Kier molecular flexibility index (Phi) is 2.40. The number of benzene rings is 1. The van der Waals surface area contributed by atoms with Crippen molar-refractivity contribution in [3.8, 4) is 0 Å². The third kappa shape index (κ3) is 1.82. The van der Waals surface area contributed by atoms with Crippen LogP contribution in [0.25, 0.3) is 0 Å². The van der Waals surface area contributed by atoms with Gasteiger partial charge < -0.3 is 9.88 Å². The highest BCUT2D eigenvalue weighted by Crippen LogP contribution is 2.17. The molecule has 2 heterocycles. The van der Waals surface area contributed by atoms with Crippen LogP contribution < -0.4 is 0 Å². The van der Waals surface area contributed by atoms with Gasteiger partial charge in [-0.1, -0.05) is 18.2 Å². The zero-order valence-corrected chi connectivity index (χ0v) is 9.39. The molecule has 0 radical (unpaired) electrons. The van der Waals surface area contributed by atoms with Gasteiger partial charge in [-0.2, -0.15) is 0 Å². The van der Waals surface area contributed by atoms with Crippen LogP contribution in [0, 0.1) is 0 Å². The molecule has 0 unspecified atom stereocenters. The van der Waals surface area contributed by atoms with Crippen LogP contribution in [0.15, 0.2) is 36.7 Å². The lowest BCUT2D eigenvalue weighted by Crippen LogP contribution is -2.36. The van der Waals surface area contributed by atoms with Crippen molar-refractivity contribution in [1.82, 2.24) is 14.9 Å². The molecule has 0 spiro atoms. The fraction of sp³-hybridized carbons (Fsp3) is 0.231. The molecule has 3 rings (SSSR count). The maximum absolute atomic E-state index is 12.2. The molecule has 4 nitrogen and oxygen atoms in total. The van der Waals surface area contributed by atoms with E-state index in [1.54, 1.807) is 6.33 Å². The number of aromatic amines is 1. The van der Waals surface area contributed by atoms with Gasteiger partial charge in [0.2, 0.25) is 0 Å². The SMILES string of the molecule is O=C(c1ccccc1)N1CCc2[nH]cnc2C1. The van der Waals surface area contributed by atoms with Gasteiger partial charge in [0, 0.05) is 24.2 Å². The predicted molar refractivity (Wildman–Crippen MR) is 63.5 cm³/mol. The van der Waals surface area contributed by atoms with Crippen LogP contribution in [0.2, 0.25) is 0 Å². The molecular formula is C13H13N3O. The summed E-state index contributed by atoms with van der Waals surface area (Å²) < 4.78 is 0. The molecule has 1 amide bonds. The van der Waals surface area contributed by atoms with Crippen molar-refractivity contribution in [2.24, 2.45) is 0 Å². The van der Waals surface area contributed by atoms with Gasteiger partial charge in [-0.05, 0) is 12.1 Å². The molecular weight excluding hydrogens is 214 g/mol. The Morgan fingerprint density at radius 1 is 1.29 bits per heavy atom. The van der Waals surface area contributed by atoms with Crippen molar-refractivity contribution < 1.29 is 4.79 Å². The molecule has 1 N–H and O–H groups in total. The second kappa shape index (κ2) is 4.05. The first-order valence-corrected chi connectivity index (χ1v) is 5.70. The number of hydrogen-bond acceptors (Lipinski definition) is 2. The number of amides is 1. The van der Waals surface area contributed by atoms with E-state index in [4.69, 9.17) is 0 Å². The first kappa shape index (κ1) is 10.1. The molecule has 4 heteroatoms. The number of nitrogens with zero attached hydrogens (tertiary/aromatic N) is 2. The van der Waals surface area contributed by atoms with E-state index in [0.29, 0.717) is 6.54 Å². The Labute approximate surface area is 99.3 Å². The summed E-state index contributed by atoms with van der Waals surface area (Å²) >= 11 is 0. The Hall–Kier alpha value is -2.10. The zero-order chi connectivity index (χ0) is 11.7. The number of rotatable bonds is 1. The van der Waals surface area contributed by atoms with E-state index >= 15 is 0 Å². The van der Waals surface area contributed by atoms with E-state index in [1.807, 2.05) is 35.2 Å². The molecule has 86 valence electrons. The highest BCUT2D eigenvalue weighted by Gasteiger charge is 2.22. The Morgan fingerprint density at radius 2 is 2.12 bits per heavy atom. The second-order valence-electron chi connectivity index (χ2n) is 4.17. The second-order valence-corrected chi connectivity index (χ2v) is 4.17. The lowest BCUT2D eigenvalue weighted by Gasteiger charge is -2.26. The smallest absolute Gasteiger partial charge is 0.254 e. The number of aromatic nitrogens is 2. The predicted octanol–water partition coefficient (Wildman–Crippen LogP) is 1.61. The Balaban J connectivity index is 1.81. The fourth-order valence-corrected chi connectivity index (χ4v) is 2.15. The lowest BCUT2D eigenvalue weighted by atomic mass is 10.1. The average Bonchev–Trinajstić information content (AvgIpc) is 2.86. The molecule has 0 saturated carbocycles. The van der Waals surface area contributed by atoms with Gasteiger partial charge in [0.05, 0.1) is 18.6 Å². The van der Waals surface area contributed by atoms with Crippen molar-refractivity contribution in [3.63, 3.8) is 0 Å². The van der Waals surface area contributed by atoms with Crippen LogP contribution in [-0.4, -0.2) is 27.3 Å². The maximum Gasteiger partial charge on any atom is 0.254 e. The monoisotopic (exact) mass is 227 g/mol. The molecule has 0 bridgehead atoms. The summed E-state index contributed by atoms with van der Waals surface area (Å²) in [4.78, 5) is 21.4. The van der Waals surface area contributed by atoms with Crippen LogP contribution in [0.1, 0.15) is 21.7 Å². The van der Waals surface area contributed by atoms with Gasteiger partial charge in [0.25, 0.3) is 5.91 Å². The van der Waals surface area contributed by atoms with Crippen molar-refractivity contribution in [2.75, 3.05) is 6.54 Å². The minimum absolute atomic E-state index is 0.0826. The lowest BCUT2D eigenvalue weighted by molar-refractivity contribution is 0.0732. The summed E-state index contributed by atoms with van der Waals surface area (Å²) in [5.74, 6) is 0.0826. The number of hydrogen-bond donors (Lipinski definition) is 1. The van der Waals surface area contributed by atoms with Crippen LogP contribution in [0.5, 0.6) is 0 Å². The fourth-order valence-electron chi connectivity index (χ4n) is 2.15. The summed E-state index contributed by atoms with van der Waals surface area (Å²) in [7, 11) is 0. The molecule has 0 fully saturated rings. The molecule has 1 aromatic heterocycles. The van der Waals surface area contributed by atoms with Gasteiger partial charge in [0.15, 0.2) is 0 Å². The van der Waals surface area contributed by atoms with Crippen molar-refractivity contribution in [1.29, 1.82) is 0 Å². The van der Waals surface area contributed by atoms with Gasteiger partial charge in [-0.3, -0.25) is 4.79 Å². The summed E-state index contributed by atoms with van der Waals surface area (Å²) in [5.41, 5.74) is 2.88. The highest BCUT2D eigenvalue weighted by molar-refractivity contribution is 5.94. The quantitative estimate of drug-likeness (QED) is 0.804. The molecule has 2 aromatic rings. The van der Waals surface area contributed by atoms with Crippen molar-refractivity contribution >= 4 is 5.91 Å². The van der Waals surface area contributed by atoms with E-state index in [0.717, 1.165) is 29.9 Å². The largest absolute Gasteiger partial charge is 0.348 e. The number of fused-ring (bicyclic) bond motifs is 1. The van der Waals surface area contributed by atoms with Gasteiger partial charge >= 0.3 is 0 Å². The van der Waals surface area contributed by atoms with E-state index < -0.39 is 0 Å². The average molecular weight is 227 g/mol. The Morgan fingerprint density at radius 3 is 2.94 bits per heavy atom. The maximum atomic E-state index is 12.2. The van der Waals surface area contributed by atoms with E-state index in [1.165, 1.54) is 0 Å². The van der Waals surface area contributed by atoms with E-state index in [2.05, 4.69) is 9.97 Å². The van der Waals surface area contributed by atoms with Crippen LogP contribution in [0.3, 0.4) is 0 Å². The normalized spacial score (nSPS) is 14.5. The number of nitrogens with one attached hydrogen (secondary N) is 1. The summed E-state index contributed by atoms with van der Waals surface area (Å²) in [6.07, 6.45) is 2.55. The number of carbonyl (C=O) groups excluding carboxylic acids is 1. The number of imidazole rings is 1. The molecule has 1 aliphatic heterocycles. The van der Waals surface area contributed by atoms with Crippen molar-refractivity contribution in [3.05, 3.63) is 53.6 Å². The van der Waals surface area contributed by atoms with Crippen molar-refractivity contribution in [2.45, 2.75) is 13.0 Å². The van der Waals surface area contributed by atoms with Crippen LogP contribution >= 0.6 is 0 Å². The molecule has 1 aliphatic rings. The van der Waals surface area contributed by atoms with E-state index in [9.17, 15) is 4.79 Å². The summed E-state index contributed by atoms with van der Waals surface area (Å²) in [6, 6.07) is 9.39. The number of carbonyl (C=O) groups is 1. The Bertz CT molecular complexity index is 533. The molecule has 0 atom stereocenters. The first-order valence-electron chi connectivity index (χ1n) is 5.70. The van der Waals surface area contributed by atoms with E-state index in [-0.39, 0.29) is 5.91 Å².